The van der Waals surface area contributed by atoms with E-state index in [9.17, 15) is 0 Å². The van der Waals surface area contributed by atoms with Crippen LogP contribution >= 0.6 is 11.8 Å². The number of aryl methyl sites for hydroxylation is 1. The van der Waals surface area contributed by atoms with Crippen LogP contribution < -0.4 is 5.32 Å². The van der Waals surface area contributed by atoms with Gasteiger partial charge in [-0.1, -0.05) is 6.07 Å². The zero-order valence-electron chi connectivity index (χ0n) is 11.7. The third kappa shape index (κ3) is 1.78. The van der Waals surface area contributed by atoms with Gasteiger partial charge in [-0.15, -0.1) is 11.8 Å². The lowest BCUT2D eigenvalue weighted by Crippen LogP contribution is -2.28. The maximum Gasteiger partial charge on any atom is 0.104 e. The van der Waals surface area contributed by atoms with Crippen LogP contribution in [0.4, 0.5) is 0 Å². The number of hydrogen-bond acceptors (Lipinski definition) is 3. The van der Waals surface area contributed by atoms with Crippen molar-refractivity contribution in [3.05, 3.63) is 29.5 Å². The second-order valence-corrected chi connectivity index (χ2v) is 6.40. The molecule has 1 unspecified atom stereocenters. The quantitative estimate of drug-likeness (QED) is 0.831. The van der Waals surface area contributed by atoms with Gasteiger partial charge >= 0.3 is 0 Å². The lowest BCUT2D eigenvalue weighted by molar-refractivity contribution is 0.645. The first kappa shape index (κ1) is 12.3. The molecule has 1 aromatic carbocycles. The minimum Gasteiger partial charge on any atom is -0.371 e. The summed E-state index contributed by atoms with van der Waals surface area (Å²) in [5.74, 6) is 1.70. The van der Waals surface area contributed by atoms with E-state index in [1.54, 1.807) is 5.56 Å². The van der Waals surface area contributed by atoms with E-state index in [2.05, 4.69) is 39.9 Å². The normalized spacial score (nSPS) is 21.6. The number of nitrogens with zero attached hydrogens (tertiary/aromatic N) is 1. The van der Waals surface area contributed by atoms with Crippen LogP contribution in [-0.2, 0) is 6.42 Å². The first-order valence-corrected chi connectivity index (χ1v) is 8.56. The average molecular weight is 285 g/mol. The highest BCUT2D eigenvalue weighted by molar-refractivity contribution is 7.98. The molecule has 3 nitrogen and oxygen atoms in total. The van der Waals surface area contributed by atoms with Crippen LogP contribution in [0.15, 0.2) is 28.2 Å². The molecule has 0 radical (unpaired) electrons. The number of benzene rings is 1. The van der Waals surface area contributed by atoms with Crippen molar-refractivity contribution in [2.45, 2.75) is 30.1 Å². The smallest absolute Gasteiger partial charge is 0.104 e. The highest BCUT2D eigenvalue weighted by atomic mass is 32.2. The van der Waals surface area contributed by atoms with E-state index in [1.165, 1.54) is 46.5 Å². The Morgan fingerprint density at radius 3 is 3.10 bits per heavy atom. The van der Waals surface area contributed by atoms with Crippen LogP contribution in [-0.4, -0.2) is 30.2 Å². The molecule has 1 aliphatic heterocycles. The van der Waals surface area contributed by atoms with Gasteiger partial charge in [-0.2, -0.15) is 0 Å². The van der Waals surface area contributed by atoms with Crippen molar-refractivity contribution < 1.29 is 0 Å². The molecule has 0 fully saturated rings. The molecule has 4 heteroatoms. The lowest BCUT2D eigenvalue weighted by Gasteiger charge is -2.26. The number of thioether (sulfide) groups is 1. The second kappa shape index (κ2) is 4.85. The zero-order valence-corrected chi connectivity index (χ0v) is 12.5. The molecule has 20 heavy (non-hydrogen) atoms. The fourth-order valence-corrected chi connectivity index (χ4v) is 4.22. The largest absolute Gasteiger partial charge is 0.371 e. The number of fused-ring (bicyclic) bond motifs is 3. The number of amidine groups is 1. The molecule has 0 bridgehead atoms. The molecule has 2 aliphatic rings. The second-order valence-electron chi connectivity index (χ2n) is 5.55. The summed E-state index contributed by atoms with van der Waals surface area (Å²) < 4.78 is 0. The molecule has 104 valence electrons. The van der Waals surface area contributed by atoms with Crippen molar-refractivity contribution in [1.82, 2.24) is 10.3 Å². The Balaban J connectivity index is 1.90. The molecule has 4 rings (SSSR count). The van der Waals surface area contributed by atoms with Crippen LogP contribution in [0.3, 0.4) is 0 Å². The van der Waals surface area contributed by atoms with Gasteiger partial charge in [0.2, 0.25) is 0 Å². The van der Waals surface area contributed by atoms with Gasteiger partial charge < -0.3 is 10.3 Å². The Kier molecular flexibility index (Phi) is 2.99. The molecule has 0 saturated carbocycles. The van der Waals surface area contributed by atoms with E-state index < -0.39 is 0 Å². The number of rotatable bonds is 2. The Morgan fingerprint density at radius 2 is 2.30 bits per heavy atom. The summed E-state index contributed by atoms with van der Waals surface area (Å²) in [7, 11) is 0. The van der Waals surface area contributed by atoms with Crippen molar-refractivity contribution in [3.8, 4) is 0 Å². The standard InChI is InChI=1S/C16H19N3S/c1-20-14-9-19-13-6-5-10-11(15(13)14)3-2-4-12(10)16-17-7-8-18-16/h5-6,9,12,19H,2-4,7-8H2,1H3,(H,17,18). The Bertz CT molecular complexity index is 686. The van der Waals surface area contributed by atoms with E-state index in [0.29, 0.717) is 5.92 Å². The van der Waals surface area contributed by atoms with Crippen LogP contribution in [0, 0.1) is 0 Å². The van der Waals surface area contributed by atoms with E-state index in [4.69, 9.17) is 0 Å². The van der Waals surface area contributed by atoms with Gasteiger partial charge in [0.1, 0.15) is 5.84 Å². The van der Waals surface area contributed by atoms with Gasteiger partial charge in [0.15, 0.2) is 0 Å². The van der Waals surface area contributed by atoms with Crippen molar-refractivity contribution in [1.29, 1.82) is 0 Å². The van der Waals surface area contributed by atoms with Crippen molar-refractivity contribution in [3.63, 3.8) is 0 Å². The summed E-state index contributed by atoms with van der Waals surface area (Å²) in [5.41, 5.74) is 4.31. The summed E-state index contributed by atoms with van der Waals surface area (Å²) in [6.07, 6.45) is 7.98. The Hall–Kier alpha value is -1.42. The summed E-state index contributed by atoms with van der Waals surface area (Å²) in [4.78, 5) is 9.44. The minimum absolute atomic E-state index is 0.482. The number of aliphatic imine (C=N–C) groups is 1. The summed E-state index contributed by atoms with van der Waals surface area (Å²) >= 11 is 1.83. The molecule has 1 aliphatic carbocycles. The summed E-state index contributed by atoms with van der Waals surface area (Å²) in [6, 6.07) is 4.55. The number of aromatic nitrogens is 1. The van der Waals surface area contributed by atoms with Gasteiger partial charge in [0.05, 0.1) is 6.54 Å². The predicted molar refractivity (Wildman–Crippen MR) is 86.1 cm³/mol. The molecular formula is C16H19N3S. The highest BCUT2D eigenvalue weighted by Crippen LogP contribution is 2.39. The SMILES string of the molecule is CSc1c[nH]c2ccc3c(c12)CCCC3C1=NCCN1. The molecule has 0 spiro atoms. The topological polar surface area (TPSA) is 40.2 Å². The molecular weight excluding hydrogens is 266 g/mol. The fourth-order valence-electron chi connectivity index (χ4n) is 3.61. The minimum atomic E-state index is 0.482. The molecule has 2 N–H and O–H groups in total. The third-order valence-corrected chi connectivity index (χ3v) is 5.26. The van der Waals surface area contributed by atoms with Crippen LogP contribution in [0.25, 0.3) is 10.9 Å². The molecule has 0 saturated heterocycles. The maximum atomic E-state index is 4.66. The first-order valence-electron chi connectivity index (χ1n) is 7.33. The van der Waals surface area contributed by atoms with Crippen molar-refractivity contribution in [2.24, 2.45) is 4.99 Å². The fraction of sp³-hybridized carbons (Fsp3) is 0.438. The van der Waals surface area contributed by atoms with Crippen molar-refractivity contribution in [2.75, 3.05) is 19.3 Å². The van der Waals surface area contributed by atoms with Crippen LogP contribution in [0.2, 0.25) is 0 Å². The van der Waals surface area contributed by atoms with Gasteiger partial charge in [0, 0.05) is 34.5 Å². The molecule has 2 heterocycles. The number of nitrogens with one attached hydrogen (secondary N) is 2. The zero-order chi connectivity index (χ0) is 13.5. The van der Waals surface area contributed by atoms with E-state index in [-0.39, 0.29) is 0 Å². The molecule has 1 atom stereocenters. The highest BCUT2D eigenvalue weighted by Gasteiger charge is 2.28. The van der Waals surface area contributed by atoms with Gasteiger partial charge in [-0.3, -0.25) is 4.99 Å². The van der Waals surface area contributed by atoms with Gasteiger partial charge in [-0.25, -0.2) is 0 Å². The average Bonchev–Trinajstić information content (AvgIpc) is 3.15. The Morgan fingerprint density at radius 1 is 1.35 bits per heavy atom. The summed E-state index contributed by atoms with van der Waals surface area (Å²) in [5, 5.41) is 4.92. The number of aromatic amines is 1. The lowest BCUT2D eigenvalue weighted by atomic mass is 9.80. The van der Waals surface area contributed by atoms with Crippen LogP contribution in [0.5, 0.6) is 0 Å². The molecule has 1 aromatic heterocycles. The Labute approximate surface area is 123 Å². The van der Waals surface area contributed by atoms with E-state index in [0.717, 1.165) is 13.1 Å². The first-order chi connectivity index (χ1) is 9.88. The molecule has 0 amide bonds. The monoisotopic (exact) mass is 285 g/mol. The van der Waals surface area contributed by atoms with E-state index >= 15 is 0 Å². The van der Waals surface area contributed by atoms with Crippen molar-refractivity contribution >= 4 is 28.5 Å². The predicted octanol–water partition coefficient (Wildman–Crippen LogP) is 3.31. The summed E-state index contributed by atoms with van der Waals surface area (Å²) in [6.45, 7) is 1.94. The van der Waals surface area contributed by atoms with Gasteiger partial charge in [0.25, 0.3) is 0 Å². The third-order valence-electron chi connectivity index (χ3n) is 4.50. The number of H-pyrrole nitrogens is 1. The molecule has 2 aromatic rings. The van der Waals surface area contributed by atoms with E-state index in [1.807, 2.05) is 11.8 Å². The number of hydrogen-bond donors (Lipinski definition) is 2. The van der Waals surface area contributed by atoms with Crippen LogP contribution in [0.1, 0.15) is 29.9 Å². The van der Waals surface area contributed by atoms with Gasteiger partial charge in [-0.05, 0) is 42.7 Å². The maximum absolute atomic E-state index is 4.66.